The van der Waals surface area contributed by atoms with E-state index in [1.807, 2.05) is 0 Å². The first-order chi connectivity index (χ1) is 19.4. The van der Waals surface area contributed by atoms with Crippen LogP contribution in [0.15, 0.2) is 83.8 Å². The molecule has 2 amide bonds. The summed E-state index contributed by atoms with van der Waals surface area (Å²) in [5, 5.41) is 26.2. The Kier molecular flexibility index (Phi) is 5.73. The summed E-state index contributed by atoms with van der Waals surface area (Å²) in [6.07, 6.45) is 0. The molecule has 4 aromatic rings. The maximum Gasteiger partial charge on any atom is 0.340 e. The molecule has 0 saturated heterocycles. The van der Waals surface area contributed by atoms with Gasteiger partial charge in [-0.1, -0.05) is 30.3 Å². The van der Waals surface area contributed by atoms with Gasteiger partial charge >= 0.3 is 12.0 Å². The van der Waals surface area contributed by atoms with Gasteiger partial charge in [0.05, 0.1) is 27.8 Å². The van der Waals surface area contributed by atoms with Gasteiger partial charge in [0.1, 0.15) is 23.0 Å². The molecular weight excluding hydrogens is 550 g/mol. The Labute approximate surface area is 234 Å². The Hall–Kier alpha value is -5.07. The second-order valence-electron chi connectivity index (χ2n) is 9.74. The maximum atomic E-state index is 13.2. The summed E-state index contributed by atoms with van der Waals surface area (Å²) in [6, 6.07) is 17.6. The Morgan fingerprint density at radius 1 is 0.927 bits per heavy atom. The van der Waals surface area contributed by atoms with Gasteiger partial charge in [0, 0.05) is 29.3 Å². The van der Waals surface area contributed by atoms with Crippen molar-refractivity contribution in [3.8, 4) is 23.0 Å². The average Bonchev–Trinajstić information content (AvgIpc) is 3.20. The van der Waals surface area contributed by atoms with E-state index in [1.165, 1.54) is 53.4 Å². The number of hydrogen-bond acceptors (Lipinski definition) is 8. The van der Waals surface area contributed by atoms with Crippen LogP contribution in [0, 0.1) is 0 Å². The highest BCUT2D eigenvalue weighted by Gasteiger charge is 2.55. The van der Waals surface area contributed by atoms with Crippen molar-refractivity contribution >= 4 is 27.7 Å². The van der Waals surface area contributed by atoms with Crippen LogP contribution in [0.4, 0.5) is 10.5 Å². The Morgan fingerprint density at radius 3 is 2.29 bits per heavy atom. The number of urea groups is 1. The fraction of sp³-hybridized carbons (Fsp3) is 0.103. The molecule has 0 aliphatic carbocycles. The predicted molar refractivity (Wildman–Crippen MR) is 146 cm³/mol. The van der Waals surface area contributed by atoms with Gasteiger partial charge in [-0.25, -0.2) is 23.1 Å². The third-order valence-electron chi connectivity index (χ3n) is 7.33. The maximum absolute atomic E-state index is 13.2. The van der Waals surface area contributed by atoms with Crippen LogP contribution in [0.2, 0.25) is 0 Å². The van der Waals surface area contributed by atoms with E-state index >= 15 is 0 Å². The number of primary sulfonamides is 1. The minimum absolute atomic E-state index is 0.0608. The third kappa shape index (κ3) is 3.95. The summed E-state index contributed by atoms with van der Waals surface area (Å²) in [7, 11) is -3.95. The molecular formula is C29H23N3O8S. The number of nitrogens with zero attached hydrogens (tertiary/aromatic N) is 1. The number of nitrogens with two attached hydrogens (primary N) is 2. The van der Waals surface area contributed by atoms with Crippen LogP contribution in [0.3, 0.4) is 0 Å². The molecule has 208 valence electrons. The number of benzene rings is 4. The molecule has 11 nitrogen and oxygen atoms in total. The van der Waals surface area contributed by atoms with E-state index in [4.69, 9.17) is 20.3 Å². The van der Waals surface area contributed by atoms with Crippen LogP contribution in [0.5, 0.6) is 23.0 Å². The summed E-state index contributed by atoms with van der Waals surface area (Å²) in [5.41, 5.74) is 6.20. The highest BCUT2D eigenvalue weighted by Crippen LogP contribution is 2.60. The minimum Gasteiger partial charge on any atom is -0.508 e. The number of rotatable bonds is 4. The van der Waals surface area contributed by atoms with Gasteiger partial charge in [-0.15, -0.1) is 0 Å². The molecule has 2 atom stereocenters. The van der Waals surface area contributed by atoms with E-state index in [0.717, 1.165) is 0 Å². The lowest BCUT2D eigenvalue weighted by atomic mass is 9.76. The number of carbonyl (C=O) groups excluding carboxylic acids is 2. The molecule has 6 N–H and O–H groups in total. The monoisotopic (exact) mass is 573 g/mol. The van der Waals surface area contributed by atoms with Crippen molar-refractivity contribution in [1.29, 1.82) is 0 Å². The van der Waals surface area contributed by atoms with Crippen molar-refractivity contribution in [2.75, 3.05) is 4.90 Å². The fourth-order valence-corrected chi connectivity index (χ4v) is 6.07. The third-order valence-corrected chi connectivity index (χ3v) is 8.26. The van der Waals surface area contributed by atoms with Crippen LogP contribution in [-0.4, -0.2) is 30.6 Å². The van der Waals surface area contributed by atoms with Crippen molar-refractivity contribution in [3.63, 3.8) is 0 Å². The zero-order valence-corrected chi connectivity index (χ0v) is 22.3. The number of anilines is 1. The molecule has 4 aromatic carbocycles. The number of hydrogen-bond donors (Lipinski definition) is 4. The van der Waals surface area contributed by atoms with Crippen molar-refractivity contribution in [2.24, 2.45) is 10.9 Å². The van der Waals surface area contributed by atoms with E-state index in [2.05, 4.69) is 0 Å². The lowest BCUT2D eigenvalue weighted by Gasteiger charge is -2.40. The van der Waals surface area contributed by atoms with Gasteiger partial charge in [0.2, 0.25) is 10.0 Å². The molecule has 2 aliphatic rings. The second-order valence-corrected chi connectivity index (χ2v) is 11.3. The molecule has 0 fully saturated rings. The zero-order valence-electron chi connectivity index (χ0n) is 21.4. The van der Waals surface area contributed by atoms with Crippen LogP contribution in [0.25, 0.3) is 0 Å². The SMILES string of the molecule is CC(c1ccc(S(N)(=O)=O)cc1)N(C(N)=O)c1cc(O)cc2c1C1(OC(=O)c3ccccc31)c1ccc(O)cc1O2. The number of phenolic OH excluding ortho intramolecular Hbond substituents is 2. The zero-order chi connectivity index (χ0) is 29.3. The number of sulfonamides is 1. The van der Waals surface area contributed by atoms with Crippen molar-refractivity contribution in [3.05, 3.63) is 107 Å². The molecule has 6 rings (SSSR count). The lowest BCUT2D eigenvalue weighted by Crippen LogP contribution is -2.41. The van der Waals surface area contributed by atoms with Crippen molar-refractivity contribution < 1.29 is 37.7 Å². The van der Waals surface area contributed by atoms with Gasteiger partial charge in [0.25, 0.3) is 0 Å². The number of amides is 2. The second kappa shape index (κ2) is 8.98. The van der Waals surface area contributed by atoms with Crippen molar-refractivity contribution in [1.82, 2.24) is 0 Å². The van der Waals surface area contributed by atoms with Crippen molar-refractivity contribution in [2.45, 2.75) is 23.5 Å². The average molecular weight is 574 g/mol. The molecule has 41 heavy (non-hydrogen) atoms. The van der Waals surface area contributed by atoms with Gasteiger partial charge in [-0.05, 0) is 42.8 Å². The van der Waals surface area contributed by atoms with E-state index in [9.17, 15) is 28.2 Å². The number of fused-ring (bicyclic) bond motifs is 6. The first kappa shape index (κ1) is 26.2. The largest absolute Gasteiger partial charge is 0.508 e. The normalized spacial score (nSPS) is 17.6. The summed E-state index contributed by atoms with van der Waals surface area (Å²) >= 11 is 0. The summed E-state index contributed by atoms with van der Waals surface area (Å²) < 4.78 is 35.8. The van der Waals surface area contributed by atoms with E-state index in [0.29, 0.717) is 16.7 Å². The van der Waals surface area contributed by atoms with Gasteiger partial charge < -0.3 is 25.4 Å². The summed E-state index contributed by atoms with van der Waals surface area (Å²) in [5.74, 6) is -0.765. The number of primary amides is 1. The predicted octanol–water partition coefficient (Wildman–Crippen LogP) is 3.96. The number of phenols is 2. The molecule has 2 heterocycles. The van der Waals surface area contributed by atoms with E-state index in [1.54, 1.807) is 37.3 Å². The summed E-state index contributed by atoms with van der Waals surface area (Å²) in [6.45, 7) is 1.66. The van der Waals surface area contributed by atoms with Gasteiger partial charge in [-0.3, -0.25) is 4.90 Å². The summed E-state index contributed by atoms with van der Waals surface area (Å²) in [4.78, 5) is 27.4. The number of aromatic hydroxyl groups is 2. The van der Waals surface area contributed by atoms with Gasteiger partial charge in [-0.2, -0.15) is 0 Å². The molecule has 0 aromatic heterocycles. The molecule has 0 radical (unpaired) electrons. The topological polar surface area (TPSA) is 182 Å². The molecule has 1 spiro atoms. The molecule has 0 saturated carbocycles. The highest BCUT2D eigenvalue weighted by atomic mass is 32.2. The Bertz CT molecular complexity index is 1870. The number of ether oxygens (including phenoxy) is 2. The van der Waals surface area contributed by atoms with E-state index < -0.39 is 33.7 Å². The number of esters is 1. The molecule has 2 unspecified atom stereocenters. The van der Waals surface area contributed by atoms with Gasteiger partial charge in [0.15, 0.2) is 5.60 Å². The minimum atomic E-state index is -3.95. The standard InChI is InChI=1S/C29H23N3O8S/c1-15(16-6-9-19(10-7-16)41(31,37)38)32(28(30)36)23-12-18(34)14-25-26(23)29(22-11-8-17(33)13-24(22)39-25)21-5-3-2-4-20(21)27(35)40-29/h2-15,33-34H,1H3,(H2,30,36)(H2,31,37,38). The van der Waals surface area contributed by atoms with Crippen LogP contribution < -0.4 is 20.5 Å². The molecule has 12 heteroatoms. The molecule has 2 aliphatic heterocycles. The Balaban J connectivity index is 1.63. The first-order valence-electron chi connectivity index (χ1n) is 12.3. The van der Waals surface area contributed by atoms with Crippen LogP contribution in [-0.2, 0) is 20.4 Å². The Morgan fingerprint density at radius 2 is 1.61 bits per heavy atom. The quantitative estimate of drug-likeness (QED) is 0.265. The lowest BCUT2D eigenvalue weighted by molar-refractivity contribution is 0.0226. The molecule has 0 bridgehead atoms. The smallest absolute Gasteiger partial charge is 0.340 e. The number of carbonyl (C=O) groups is 2. The first-order valence-corrected chi connectivity index (χ1v) is 13.9. The van der Waals surface area contributed by atoms with Crippen LogP contribution >= 0.6 is 0 Å². The fourth-order valence-electron chi connectivity index (χ4n) is 5.56. The van der Waals surface area contributed by atoms with Crippen LogP contribution in [0.1, 0.15) is 45.6 Å². The van der Waals surface area contributed by atoms with E-state index in [-0.39, 0.29) is 44.7 Å². The highest BCUT2D eigenvalue weighted by molar-refractivity contribution is 7.89.